The maximum atomic E-state index is 12.5. The van der Waals surface area contributed by atoms with Gasteiger partial charge in [0.1, 0.15) is 0 Å². The number of carbonyl (C=O) groups excluding carboxylic acids is 2. The zero-order chi connectivity index (χ0) is 16.1. The number of piperazine rings is 1. The van der Waals surface area contributed by atoms with Crippen LogP contribution in [0.5, 0.6) is 0 Å². The SMILES string of the molecule is CCN1CCN(CC(=O)N2CCN(C)C[C@H](C(N)=O)C2)CC1. The van der Waals surface area contributed by atoms with Gasteiger partial charge in [0.15, 0.2) is 0 Å². The molecule has 0 saturated carbocycles. The third-order valence-electron chi connectivity index (χ3n) is 4.75. The van der Waals surface area contributed by atoms with Crippen molar-refractivity contribution in [2.75, 3.05) is 72.5 Å². The summed E-state index contributed by atoms with van der Waals surface area (Å²) in [5.74, 6) is -0.469. The highest BCUT2D eigenvalue weighted by atomic mass is 16.2. The second-order valence-electron chi connectivity index (χ2n) is 6.41. The first-order chi connectivity index (χ1) is 10.5. The summed E-state index contributed by atoms with van der Waals surface area (Å²) in [5.41, 5.74) is 5.46. The van der Waals surface area contributed by atoms with Crippen molar-refractivity contribution in [2.45, 2.75) is 6.92 Å². The van der Waals surface area contributed by atoms with Crippen molar-refractivity contribution in [1.29, 1.82) is 0 Å². The van der Waals surface area contributed by atoms with Gasteiger partial charge < -0.3 is 20.4 Å². The van der Waals surface area contributed by atoms with E-state index >= 15 is 0 Å². The lowest BCUT2D eigenvalue weighted by molar-refractivity contribution is -0.134. The third kappa shape index (κ3) is 4.66. The van der Waals surface area contributed by atoms with E-state index in [1.165, 1.54) is 0 Å². The Kier molecular flexibility index (Phi) is 6.16. The van der Waals surface area contributed by atoms with Crippen molar-refractivity contribution >= 4 is 11.8 Å². The Morgan fingerprint density at radius 3 is 2.23 bits per heavy atom. The van der Waals surface area contributed by atoms with Gasteiger partial charge in [-0.1, -0.05) is 6.92 Å². The number of likely N-dealkylation sites (N-methyl/N-ethyl adjacent to an activating group) is 2. The molecule has 2 rings (SSSR count). The van der Waals surface area contributed by atoms with Gasteiger partial charge in [-0.2, -0.15) is 0 Å². The standard InChI is InChI=1S/C15H29N5O2/c1-3-18-5-7-19(8-6-18)12-14(21)20-9-4-17(2)10-13(11-20)15(16)22/h13H,3-12H2,1-2H3,(H2,16,22)/t13-/m0/s1. The molecule has 0 aliphatic carbocycles. The Morgan fingerprint density at radius 2 is 1.64 bits per heavy atom. The van der Waals surface area contributed by atoms with E-state index in [4.69, 9.17) is 5.73 Å². The number of rotatable bonds is 4. The summed E-state index contributed by atoms with van der Waals surface area (Å²) < 4.78 is 0. The topological polar surface area (TPSA) is 73.1 Å². The molecule has 7 heteroatoms. The number of nitrogens with two attached hydrogens (primary N) is 1. The normalized spacial score (nSPS) is 25.9. The van der Waals surface area contributed by atoms with Crippen molar-refractivity contribution in [2.24, 2.45) is 11.7 Å². The molecular formula is C15H29N5O2. The number of primary amides is 1. The Morgan fingerprint density at radius 1 is 1.00 bits per heavy atom. The van der Waals surface area contributed by atoms with E-state index in [0.717, 1.165) is 39.3 Å². The Labute approximate surface area is 133 Å². The zero-order valence-electron chi connectivity index (χ0n) is 13.8. The van der Waals surface area contributed by atoms with Gasteiger partial charge in [-0.25, -0.2) is 0 Å². The molecule has 0 radical (unpaired) electrons. The van der Waals surface area contributed by atoms with Crippen LogP contribution in [0.3, 0.4) is 0 Å². The van der Waals surface area contributed by atoms with Gasteiger partial charge in [-0.3, -0.25) is 14.5 Å². The first kappa shape index (κ1) is 17.2. The highest BCUT2D eigenvalue weighted by molar-refractivity contribution is 5.81. The Hall–Kier alpha value is -1.18. The van der Waals surface area contributed by atoms with Crippen LogP contribution in [0, 0.1) is 5.92 Å². The molecule has 2 N–H and O–H groups in total. The highest BCUT2D eigenvalue weighted by Crippen LogP contribution is 2.10. The molecule has 22 heavy (non-hydrogen) atoms. The molecule has 0 bridgehead atoms. The smallest absolute Gasteiger partial charge is 0.236 e. The summed E-state index contributed by atoms with van der Waals surface area (Å²) in [6, 6.07) is 0. The van der Waals surface area contributed by atoms with E-state index in [9.17, 15) is 9.59 Å². The van der Waals surface area contributed by atoms with Crippen LogP contribution >= 0.6 is 0 Å². The number of amides is 2. The van der Waals surface area contributed by atoms with Crippen LogP contribution in [0.25, 0.3) is 0 Å². The van der Waals surface area contributed by atoms with Crippen LogP contribution in [0.2, 0.25) is 0 Å². The quantitative estimate of drug-likeness (QED) is 0.684. The van der Waals surface area contributed by atoms with Crippen LogP contribution in [-0.4, -0.2) is 104 Å². The number of carbonyl (C=O) groups is 2. The lowest BCUT2D eigenvalue weighted by atomic mass is 10.1. The van der Waals surface area contributed by atoms with E-state index in [-0.39, 0.29) is 17.7 Å². The van der Waals surface area contributed by atoms with Gasteiger partial charge in [-0.05, 0) is 13.6 Å². The maximum absolute atomic E-state index is 12.5. The van der Waals surface area contributed by atoms with Crippen molar-refractivity contribution in [3.63, 3.8) is 0 Å². The van der Waals surface area contributed by atoms with E-state index in [1.807, 2.05) is 11.9 Å². The fourth-order valence-corrected chi connectivity index (χ4v) is 3.14. The number of hydrogen-bond acceptors (Lipinski definition) is 5. The van der Waals surface area contributed by atoms with Crippen molar-refractivity contribution in [3.8, 4) is 0 Å². The van der Waals surface area contributed by atoms with Crippen molar-refractivity contribution < 1.29 is 9.59 Å². The molecule has 2 amide bonds. The zero-order valence-corrected chi connectivity index (χ0v) is 13.8. The van der Waals surface area contributed by atoms with Gasteiger partial charge in [0.2, 0.25) is 11.8 Å². The second kappa shape index (κ2) is 7.89. The molecule has 0 unspecified atom stereocenters. The van der Waals surface area contributed by atoms with Gasteiger partial charge in [0.25, 0.3) is 0 Å². The number of nitrogens with zero attached hydrogens (tertiary/aromatic N) is 4. The van der Waals surface area contributed by atoms with E-state index in [0.29, 0.717) is 26.2 Å². The minimum Gasteiger partial charge on any atom is -0.369 e. The molecule has 2 fully saturated rings. The largest absolute Gasteiger partial charge is 0.369 e. The molecule has 2 aliphatic heterocycles. The molecule has 2 aliphatic rings. The first-order valence-electron chi connectivity index (χ1n) is 8.20. The average molecular weight is 311 g/mol. The Balaban J connectivity index is 1.87. The molecule has 2 saturated heterocycles. The van der Waals surface area contributed by atoms with Crippen LogP contribution < -0.4 is 5.73 Å². The molecule has 126 valence electrons. The fraction of sp³-hybridized carbons (Fsp3) is 0.867. The first-order valence-corrected chi connectivity index (χ1v) is 8.20. The predicted octanol–water partition coefficient (Wildman–Crippen LogP) is -1.50. The van der Waals surface area contributed by atoms with Gasteiger partial charge in [-0.15, -0.1) is 0 Å². The summed E-state index contributed by atoms with van der Waals surface area (Å²) >= 11 is 0. The van der Waals surface area contributed by atoms with Gasteiger partial charge in [0, 0.05) is 52.4 Å². The molecule has 0 aromatic rings. The second-order valence-corrected chi connectivity index (χ2v) is 6.41. The van der Waals surface area contributed by atoms with Crippen molar-refractivity contribution in [3.05, 3.63) is 0 Å². The summed E-state index contributed by atoms with van der Waals surface area (Å²) in [4.78, 5) is 32.6. The third-order valence-corrected chi connectivity index (χ3v) is 4.75. The summed E-state index contributed by atoms with van der Waals surface area (Å²) in [6.45, 7) is 10.2. The van der Waals surface area contributed by atoms with E-state index in [2.05, 4.69) is 21.6 Å². The maximum Gasteiger partial charge on any atom is 0.236 e. The summed E-state index contributed by atoms with van der Waals surface area (Å²) in [5, 5.41) is 0. The van der Waals surface area contributed by atoms with E-state index < -0.39 is 0 Å². The molecule has 1 atom stereocenters. The lowest BCUT2D eigenvalue weighted by Crippen LogP contribution is -2.50. The predicted molar refractivity (Wildman–Crippen MR) is 85.3 cm³/mol. The molecular weight excluding hydrogens is 282 g/mol. The molecule has 0 aromatic heterocycles. The van der Waals surface area contributed by atoms with Gasteiger partial charge >= 0.3 is 0 Å². The van der Waals surface area contributed by atoms with Gasteiger partial charge in [0.05, 0.1) is 12.5 Å². The summed E-state index contributed by atoms with van der Waals surface area (Å²) in [6.07, 6.45) is 0. The summed E-state index contributed by atoms with van der Waals surface area (Å²) in [7, 11) is 1.97. The highest BCUT2D eigenvalue weighted by Gasteiger charge is 2.28. The average Bonchev–Trinajstić information content (AvgIpc) is 2.70. The van der Waals surface area contributed by atoms with Crippen LogP contribution in [-0.2, 0) is 9.59 Å². The lowest BCUT2D eigenvalue weighted by Gasteiger charge is -2.34. The Bertz CT molecular complexity index is 395. The minimum absolute atomic E-state index is 0.117. The fourth-order valence-electron chi connectivity index (χ4n) is 3.14. The van der Waals surface area contributed by atoms with Crippen molar-refractivity contribution in [1.82, 2.24) is 19.6 Å². The molecule has 2 heterocycles. The van der Waals surface area contributed by atoms with Crippen LogP contribution in [0.15, 0.2) is 0 Å². The molecule has 7 nitrogen and oxygen atoms in total. The monoisotopic (exact) mass is 311 g/mol. The minimum atomic E-state index is -0.317. The van der Waals surface area contributed by atoms with Crippen LogP contribution in [0.1, 0.15) is 6.92 Å². The van der Waals surface area contributed by atoms with E-state index in [1.54, 1.807) is 0 Å². The number of hydrogen-bond donors (Lipinski definition) is 1. The van der Waals surface area contributed by atoms with Crippen LogP contribution in [0.4, 0.5) is 0 Å². The molecule has 0 spiro atoms. The molecule has 0 aromatic carbocycles.